The maximum absolute atomic E-state index is 11.1. The second-order valence-electron chi connectivity index (χ2n) is 4.15. The summed E-state index contributed by atoms with van der Waals surface area (Å²) in [6.45, 7) is 3.14. The zero-order chi connectivity index (χ0) is 10.9. The van der Waals surface area contributed by atoms with Gasteiger partial charge in [-0.05, 0) is 12.1 Å². The van der Waals surface area contributed by atoms with Crippen LogP contribution in [0.3, 0.4) is 0 Å². The molecule has 1 fully saturated rings. The van der Waals surface area contributed by atoms with Crippen molar-refractivity contribution in [3.63, 3.8) is 0 Å². The Balaban J connectivity index is 0.00000128. The van der Waals surface area contributed by atoms with E-state index in [0.29, 0.717) is 13.1 Å². The second-order valence-corrected chi connectivity index (χ2v) is 4.15. The van der Waals surface area contributed by atoms with Crippen LogP contribution in [0.15, 0.2) is 24.4 Å². The van der Waals surface area contributed by atoms with E-state index in [4.69, 9.17) is 5.11 Å². The Kier molecular flexibility index (Phi) is 5.88. The number of halogens is 2. The molecule has 1 aromatic rings. The van der Waals surface area contributed by atoms with E-state index in [9.17, 15) is 4.79 Å². The summed E-state index contributed by atoms with van der Waals surface area (Å²) in [6, 6.07) is 5.62. The normalized spacial score (nSPS) is 26.8. The van der Waals surface area contributed by atoms with Gasteiger partial charge in [-0.15, -0.1) is 24.8 Å². The lowest BCUT2D eigenvalue weighted by atomic mass is 9.77. The molecular formula is C11H16Cl2N2O2. The number of aliphatic carboxylic acids is 1. The quantitative estimate of drug-likeness (QED) is 0.861. The van der Waals surface area contributed by atoms with Gasteiger partial charge in [-0.2, -0.15) is 0 Å². The molecule has 0 saturated carbocycles. The predicted octanol–water partition coefficient (Wildman–Crippen LogP) is 1.49. The fourth-order valence-electron chi connectivity index (χ4n) is 2.15. The van der Waals surface area contributed by atoms with Crippen molar-refractivity contribution in [2.45, 2.75) is 12.3 Å². The van der Waals surface area contributed by atoms with Crippen LogP contribution < -0.4 is 5.32 Å². The van der Waals surface area contributed by atoms with Crippen molar-refractivity contribution in [2.24, 2.45) is 5.92 Å². The minimum atomic E-state index is -0.756. The maximum Gasteiger partial charge on any atom is 0.308 e. The molecule has 6 heteroatoms. The third kappa shape index (κ3) is 2.89. The summed E-state index contributed by atoms with van der Waals surface area (Å²) in [4.78, 5) is 15.4. The van der Waals surface area contributed by atoms with Gasteiger partial charge in [0, 0.05) is 30.4 Å². The van der Waals surface area contributed by atoms with Crippen molar-refractivity contribution < 1.29 is 9.90 Å². The Bertz CT molecular complexity index is 375. The van der Waals surface area contributed by atoms with E-state index >= 15 is 0 Å². The molecule has 0 aromatic carbocycles. The molecule has 2 atom stereocenters. The summed E-state index contributed by atoms with van der Waals surface area (Å²) in [6.07, 6.45) is 1.71. The van der Waals surface area contributed by atoms with Crippen molar-refractivity contribution in [3.8, 4) is 0 Å². The number of pyridine rings is 1. The molecule has 0 aliphatic carbocycles. The summed E-state index contributed by atoms with van der Waals surface area (Å²) in [7, 11) is 0. The number of carbonyl (C=O) groups is 1. The predicted molar refractivity (Wildman–Crippen MR) is 70.1 cm³/mol. The summed E-state index contributed by atoms with van der Waals surface area (Å²) in [5.74, 6) is -1.15. The van der Waals surface area contributed by atoms with Gasteiger partial charge in [0.2, 0.25) is 0 Å². The third-order valence-corrected chi connectivity index (χ3v) is 3.16. The molecule has 0 bridgehead atoms. The first-order valence-electron chi connectivity index (χ1n) is 4.99. The van der Waals surface area contributed by atoms with E-state index in [1.165, 1.54) is 0 Å². The summed E-state index contributed by atoms with van der Waals surface area (Å²) in [5.41, 5.74) is 0.454. The number of aromatic nitrogens is 1. The molecule has 0 amide bonds. The molecule has 4 nitrogen and oxygen atoms in total. The fourth-order valence-corrected chi connectivity index (χ4v) is 2.15. The zero-order valence-corrected chi connectivity index (χ0v) is 11.1. The first-order valence-corrected chi connectivity index (χ1v) is 4.99. The van der Waals surface area contributed by atoms with Gasteiger partial charge in [0.1, 0.15) is 0 Å². The second kappa shape index (κ2) is 6.19. The average Bonchev–Trinajstić information content (AvgIpc) is 2.63. The maximum atomic E-state index is 11.1. The highest BCUT2D eigenvalue weighted by Gasteiger charge is 2.45. The Labute approximate surface area is 113 Å². The van der Waals surface area contributed by atoms with Gasteiger partial charge in [-0.1, -0.05) is 13.0 Å². The first kappa shape index (κ1) is 16.2. The Morgan fingerprint density at radius 3 is 2.76 bits per heavy atom. The molecule has 1 aliphatic rings. The van der Waals surface area contributed by atoms with Gasteiger partial charge in [0.15, 0.2) is 0 Å². The van der Waals surface area contributed by atoms with Gasteiger partial charge in [-0.3, -0.25) is 9.78 Å². The number of rotatable bonds is 2. The van der Waals surface area contributed by atoms with E-state index in [1.54, 1.807) is 6.20 Å². The first-order chi connectivity index (χ1) is 7.14. The summed E-state index contributed by atoms with van der Waals surface area (Å²) >= 11 is 0. The van der Waals surface area contributed by atoms with Gasteiger partial charge < -0.3 is 10.4 Å². The van der Waals surface area contributed by atoms with Crippen LogP contribution in [0.1, 0.15) is 12.6 Å². The van der Waals surface area contributed by atoms with E-state index in [0.717, 1.165) is 5.69 Å². The van der Waals surface area contributed by atoms with Crippen LogP contribution in [0.2, 0.25) is 0 Å². The van der Waals surface area contributed by atoms with Crippen LogP contribution in [0.5, 0.6) is 0 Å². The van der Waals surface area contributed by atoms with Gasteiger partial charge in [0.05, 0.1) is 5.92 Å². The average molecular weight is 279 g/mol. The van der Waals surface area contributed by atoms with Crippen LogP contribution in [-0.2, 0) is 10.2 Å². The van der Waals surface area contributed by atoms with Crippen molar-refractivity contribution in [3.05, 3.63) is 30.1 Å². The van der Waals surface area contributed by atoms with Crippen molar-refractivity contribution in [1.29, 1.82) is 0 Å². The Hall–Kier alpha value is -0.840. The van der Waals surface area contributed by atoms with Crippen molar-refractivity contribution in [2.75, 3.05) is 13.1 Å². The molecular weight excluding hydrogens is 263 g/mol. The molecule has 1 aromatic heterocycles. The van der Waals surface area contributed by atoms with Gasteiger partial charge in [0.25, 0.3) is 0 Å². The molecule has 96 valence electrons. The van der Waals surface area contributed by atoms with Crippen LogP contribution in [0.25, 0.3) is 0 Å². The molecule has 2 heterocycles. The minimum Gasteiger partial charge on any atom is -0.481 e. The summed E-state index contributed by atoms with van der Waals surface area (Å²) in [5, 5.41) is 12.3. The number of hydrogen-bond donors (Lipinski definition) is 2. The van der Waals surface area contributed by atoms with Crippen molar-refractivity contribution in [1.82, 2.24) is 10.3 Å². The topological polar surface area (TPSA) is 62.2 Å². The number of nitrogens with zero attached hydrogens (tertiary/aromatic N) is 1. The SMILES string of the molecule is C[C@]1(c2ccccn2)CNC[C@@H]1C(=O)O.Cl.Cl. The smallest absolute Gasteiger partial charge is 0.308 e. The number of carboxylic acids is 1. The van der Waals surface area contributed by atoms with E-state index in [2.05, 4.69) is 10.3 Å². The summed E-state index contributed by atoms with van der Waals surface area (Å²) < 4.78 is 0. The van der Waals surface area contributed by atoms with Crippen LogP contribution >= 0.6 is 24.8 Å². The van der Waals surface area contributed by atoms with E-state index in [1.807, 2.05) is 25.1 Å². The van der Waals surface area contributed by atoms with Crippen LogP contribution in [-0.4, -0.2) is 29.1 Å². The lowest BCUT2D eigenvalue weighted by Gasteiger charge is -2.26. The zero-order valence-electron chi connectivity index (χ0n) is 9.42. The lowest BCUT2D eigenvalue weighted by molar-refractivity contribution is -0.142. The molecule has 2 N–H and O–H groups in total. The van der Waals surface area contributed by atoms with Gasteiger partial charge in [-0.25, -0.2) is 0 Å². The Morgan fingerprint density at radius 2 is 2.24 bits per heavy atom. The number of hydrogen-bond acceptors (Lipinski definition) is 3. The molecule has 0 radical (unpaired) electrons. The van der Waals surface area contributed by atoms with E-state index in [-0.39, 0.29) is 24.8 Å². The number of carboxylic acid groups (broad SMARTS) is 1. The highest BCUT2D eigenvalue weighted by molar-refractivity contribution is 5.85. The highest BCUT2D eigenvalue weighted by atomic mass is 35.5. The standard InChI is InChI=1S/C11H14N2O2.2ClH/c1-11(9-4-2-3-5-13-9)7-12-6-8(11)10(14)15;;/h2-5,8,12H,6-7H2,1H3,(H,14,15);2*1H/t8-,11+;;/m1../s1. The molecule has 2 rings (SSSR count). The molecule has 0 spiro atoms. The molecule has 17 heavy (non-hydrogen) atoms. The largest absolute Gasteiger partial charge is 0.481 e. The minimum absolute atomic E-state index is 0. The fraction of sp³-hybridized carbons (Fsp3) is 0.455. The third-order valence-electron chi connectivity index (χ3n) is 3.16. The molecule has 1 aliphatic heterocycles. The van der Waals surface area contributed by atoms with Crippen molar-refractivity contribution >= 4 is 30.8 Å². The lowest BCUT2D eigenvalue weighted by Crippen LogP contribution is -2.37. The van der Waals surface area contributed by atoms with Crippen LogP contribution in [0, 0.1) is 5.92 Å². The molecule has 1 saturated heterocycles. The highest BCUT2D eigenvalue weighted by Crippen LogP contribution is 2.33. The number of nitrogens with one attached hydrogen (secondary N) is 1. The Morgan fingerprint density at radius 1 is 1.53 bits per heavy atom. The van der Waals surface area contributed by atoms with Crippen LogP contribution in [0.4, 0.5) is 0 Å². The monoisotopic (exact) mass is 278 g/mol. The van der Waals surface area contributed by atoms with Gasteiger partial charge >= 0.3 is 5.97 Å². The molecule has 0 unspecified atom stereocenters. The van der Waals surface area contributed by atoms with E-state index < -0.39 is 17.3 Å².